The summed E-state index contributed by atoms with van der Waals surface area (Å²) in [5, 5.41) is 2.68. The van der Waals surface area contributed by atoms with Crippen molar-refractivity contribution in [2.24, 2.45) is 5.92 Å². The smallest absolute Gasteiger partial charge is 0.245 e. The Bertz CT molecular complexity index is 237. The van der Waals surface area contributed by atoms with Crippen LogP contribution >= 0.6 is 0 Å². The molecule has 0 unspecified atom stereocenters. The number of likely N-dealkylation sites (N-methyl/N-ethyl adjacent to an activating group) is 1. The van der Waals surface area contributed by atoms with E-state index in [-0.39, 0.29) is 23.8 Å². The van der Waals surface area contributed by atoms with E-state index in [1.807, 2.05) is 27.7 Å². The molecule has 0 fully saturated rings. The van der Waals surface area contributed by atoms with Gasteiger partial charge in [-0.3, -0.25) is 9.59 Å². The van der Waals surface area contributed by atoms with Gasteiger partial charge in [-0.25, -0.2) is 0 Å². The standard InChI is InChI=1S/C11H22N2O2/c1-7(2)10(12-9(5)14)11(15)13(6)8(3)4/h7-8,10H,1-6H3,(H,12,14)/t10-/m1/s1. The first kappa shape index (κ1) is 13.9. The van der Waals surface area contributed by atoms with Gasteiger partial charge >= 0.3 is 0 Å². The van der Waals surface area contributed by atoms with E-state index >= 15 is 0 Å². The molecule has 0 saturated heterocycles. The Morgan fingerprint density at radius 1 is 1.13 bits per heavy atom. The fourth-order valence-electron chi connectivity index (χ4n) is 1.21. The molecule has 0 aliphatic carbocycles. The van der Waals surface area contributed by atoms with Gasteiger partial charge < -0.3 is 10.2 Å². The van der Waals surface area contributed by atoms with Crippen molar-refractivity contribution < 1.29 is 9.59 Å². The Morgan fingerprint density at radius 2 is 1.60 bits per heavy atom. The van der Waals surface area contributed by atoms with Crippen molar-refractivity contribution in [1.29, 1.82) is 0 Å². The van der Waals surface area contributed by atoms with Crippen LogP contribution in [-0.4, -0.2) is 35.8 Å². The van der Waals surface area contributed by atoms with Gasteiger partial charge in [0.2, 0.25) is 11.8 Å². The van der Waals surface area contributed by atoms with Gasteiger partial charge in [-0.15, -0.1) is 0 Å². The topological polar surface area (TPSA) is 49.4 Å². The summed E-state index contributed by atoms with van der Waals surface area (Å²) in [5.41, 5.74) is 0. The number of hydrogen-bond acceptors (Lipinski definition) is 2. The van der Waals surface area contributed by atoms with E-state index in [2.05, 4.69) is 5.32 Å². The third kappa shape index (κ3) is 4.32. The molecule has 0 bridgehead atoms. The van der Waals surface area contributed by atoms with Gasteiger partial charge in [-0.1, -0.05) is 13.8 Å². The summed E-state index contributed by atoms with van der Waals surface area (Å²) in [5.74, 6) is -0.1000. The molecule has 0 spiro atoms. The minimum absolute atomic E-state index is 0.0322. The molecule has 1 atom stereocenters. The van der Waals surface area contributed by atoms with Crippen LogP contribution in [0, 0.1) is 5.92 Å². The summed E-state index contributed by atoms with van der Waals surface area (Å²) in [6, 6.07) is -0.276. The Morgan fingerprint density at radius 3 is 1.87 bits per heavy atom. The number of carbonyl (C=O) groups is 2. The lowest BCUT2D eigenvalue weighted by Gasteiger charge is -2.29. The molecule has 0 rings (SSSR count). The van der Waals surface area contributed by atoms with Crippen LogP contribution < -0.4 is 5.32 Å². The normalized spacial score (nSPS) is 12.8. The van der Waals surface area contributed by atoms with E-state index in [1.165, 1.54) is 6.92 Å². The molecule has 0 aromatic carbocycles. The maximum Gasteiger partial charge on any atom is 0.245 e. The van der Waals surface area contributed by atoms with Crippen LogP contribution in [0.5, 0.6) is 0 Å². The molecule has 15 heavy (non-hydrogen) atoms. The summed E-state index contributed by atoms with van der Waals surface area (Å²) in [7, 11) is 1.75. The van der Waals surface area contributed by atoms with Gasteiger partial charge in [0.05, 0.1) is 0 Å². The van der Waals surface area contributed by atoms with E-state index in [9.17, 15) is 9.59 Å². The summed E-state index contributed by atoms with van der Waals surface area (Å²) >= 11 is 0. The van der Waals surface area contributed by atoms with Crippen molar-refractivity contribution in [1.82, 2.24) is 10.2 Å². The molecule has 0 heterocycles. The highest BCUT2D eigenvalue weighted by Gasteiger charge is 2.26. The van der Waals surface area contributed by atoms with Gasteiger partial charge in [0.1, 0.15) is 6.04 Å². The zero-order valence-electron chi connectivity index (χ0n) is 10.5. The van der Waals surface area contributed by atoms with E-state index < -0.39 is 6.04 Å². The number of nitrogens with one attached hydrogen (secondary N) is 1. The molecular formula is C11H22N2O2. The maximum absolute atomic E-state index is 12.0. The van der Waals surface area contributed by atoms with Gasteiger partial charge in [0, 0.05) is 20.0 Å². The molecule has 0 aliphatic rings. The molecule has 2 amide bonds. The second-order valence-corrected chi connectivity index (χ2v) is 4.47. The second kappa shape index (κ2) is 5.73. The predicted molar refractivity (Wildman–Crippen MR) is 60.3 cm³/mol. The van der Waals surface area contributed by atoms with Crippen LogP contribution in [0.3, 0.4) is 0 Å². The molecule has 4 heteroatoms. The summed E-state index contributed by atoms with van der Waals surface area (Å²) < 4.78 is 0. The lowest BCUT2D eigenvalue weighted by atomic mass is 10.0. The largest absolute Gasteiger partial charge is 0.344 e. The van der Waals surface area contributed by atoms with Crippen LogP contribution in [0.1, 0.15) is 34.6 Å². The quantitative estimate of drug-likeness (QED) is 0.759. The van der Waals surface area contributed by atoms with Gasteiger partial charge in [0.15, 0.2) is 0 Å². The number of carbonyl (C=O) groups excluding carboxylic acids is 2. The highest BCUT2D eigenvalue weighted by atomic mass is 16.2. The lowest BCUT2D eigenvalue weighted by molar-refractivity contribution is -0.137. The van der Waals surface area contributed by atoms with Crippen LogP contribution in [0.4, 0.5) is 0 Å². The first-order valence-corrected chi connectivity index (χ1v) is 5.31. The monoisotopic (exact) mass is 214 g/mol. The summed E-state index contributed by atoms with van der Waals surface area (Å²) in [4.78, 5) is 24.6. The SMILES string of the molecule is CC(=O)N[C@@H](C(=O)N(C)C(C)C)C(C)C. The number of rotatable bonds is 4. The third-order valence-corrected chi connectivity index (χ3v) is 2.41. The van der Waals surface area contributed by atoms with Crippen molar-refractivity contribution in [2.75, 3.05) is 7.05 Å². The third-order valence-electron chi connectivity index (χ3n) is 2.41. The van der Waals surface area contributed by atoms with Crippen LogP contribution in [0.15, 0.2) is 0 Å². The average molecular weight is 214 g/mol. The molecular weight excluding hydrogens is 192 g/mol. The maximum atomic E-state index is 12.0. The van der Waals surface area contributed by atoms with E-state index in [4.69, 9.17) is 0 Å². The molecule has 0 saturated carbocycles. The minimum Gasteiger partial charge on any atom is -0.344 e. The molecule has 1 N–H and O–H groups in total. The minimum atomic E-state index is -0.421. The Hall–Kier alpha value is -1.06. The number of nitrogens with zero attached hydrogens (tertiary/aromatic N) is 1. The van der Waals surface area contributed by atoms with E-state index in [1.54, 1.807) is 11.9 Å². The lowest BCUT2D eigenvalue weighted by Crippen LogP contribution is -2.51. The average Bonchev–Trinajstić information content (AvgIpc) is 2.10. The van der Waals surface area contributed by atoms with Gasteiger partial charge in [-0.05, 0) is 19.8 Å². The van der Waals surface area contributed by atoms with Crippen molar-refractivity contribution in [2.45, 2.75) is 46.7 Å². The molecule has 0 aromatic rings. The fraction of sp³-hybridized carbons (Fsp3) is 0.818. The first-order valence-electron chi connectivity index (χ1n) is 5.31. The molecule has 88 valence electrons. The van der Waals surface area contributed by atoms with Crippen molar-refractivity contribution >= 4 is 11.8 Å². The first-order chi connectivity index (χ1) is 6.77. The molecule has 0 radical (unpaired) electrons. The second-order valence-electron chi connectivity index (χ2n) is 4.47. The van der Waals surface area contributed by atoms with Crippen LogP contribution in [-0.2, 0) is 9.59 Å². The van der Waals surface area contributed by atoms with Crippen LogP contribution in [0.25, 0.3) is 0 Å². The predicted octanol–water partition coefficient (Wildman–Crippen LogP) is 1.01. The highest BCUT2D eigenvalue weighted by Crippen LogP contribution is 2.07. The summed E-state index contributed by atoms with van der Waals surface area (Å²) in [6.45, 7) is 9.17. The van der Waals surface area contributed by atoms with Gasteiger partial charge in [-0.2, -0.15) is 0 Å². The Balaban J connectivity index is 4.62. The molecule has 4 nitrogen and oxygen atoms in total. The molecule has 0 aliphatic heterocycles. The number of hydrogen-bond donors (Lipinski definition) is 1. The van der Waals surface area contributed by atoms with Crippen molar-refractivity contribution in [3.8, 4) is 0 Å². The summed E-state index contributed by atoms with van der Waals surface area (Å²) in [6.07, 6.45) is 0. The highest BCUT2D eigenvalue weighted by molar-refractivity contribution is 5.87. The van der Waals surface area contributed by atoms with E-state index in [0.717, 1.165) is 0 Å². The zero-order valence-corrected chi connectivity index (χ0v) is 10.5. The number of amides is 2. The molecule has 0 aromatic heterocycles. The van der Waals surface area contributed by atoms with E-state index in [0.29, 0.717) is 0 Å². The van der Waals surface area contributed by atoms with Crippen molar-refractivity contribution in [3.63, 3.8) is 0 Å². The van der Waals surface area contributed by atoms with Crippen LogP contribution in [0.2, 0.25) is 0 Å². The van der Waals surface area contributed by atoms with Crippen molar-refractivity contribution in [3.05, 3.63) is 0 Å². The zero-order chi connectivity index (χ0) is 12.2. The Kier molecular flexibility index (Phi) is 5.33. The fourth-order valence-corrected chi connectivity index (χ4v) is 1.21. The van der Waals surface area contributed by atoms with Gasteiger partial charge in [0.25, 0.3) is 0 Å². The Labute approximate surface area is 92.0 Å².